The van der Waals surface area contributed by atoms with Crippen LogP contribution in [0.2, 0.25) is 0 Å². The number of halogens is 1. The summed E-state index contributed by atoms with van der Waals surface area (Å²) in [5, 5.41) is 4.10. The van der Waals surface area contributed by atoms with E-state index in [2.05, 4.69) is 9.93 Å². The molecule has 1 aliphatic rings. The second kappa shape index (κ2) is 8.08. The lowest BCUT2D eigenvalue weighted by atomic mass is 9.99. The first-order valence-electron chi connectivity index (χ1n) is 8.92. The Labute approximate surface area is 159 Å². The smallest absolute Gasteiger partial charge is 0.277 e. The van der Waals surface area contributed by atoms with Crippen LogP contribution < -0.4 is 9.57 Å². The highest BCUT2D eigenvalue weighted by molar-refractivity contribution is 7.89. The zero-order valence-corrected chi connectivity index (χ0v) is 16.3. The molecule has 0 aliphatic heterocycles. The number of nitrogens with one attached hydrogen (secondary N) is 1. The molecule has 0 heterocycles. The minimum Gasteiger partial charge on any atom is -0.497 e. The fourth-order valence-corrected chi connectivity index (χ4v) is 4.23. The third-order valence-corrected chi connectivity index (χ3v) is 5.91. The Balaban J connectivity index is 2.01. The molecule has 0 radical (unpaired) electrons. The number of hydrazone groups is 1. The molecular formula is C20H23FN2O3S. The quantitative estimate of drug-likeness (QED) is 0.769. The van der Waals surface area contributed by atoms with Crippen LogP contribution in [0.15, 0.2) is 46.4 Å². The molecule has 0 saturated heterocycles. The van der Waals surface area contributed by atoms with Gasteiger partial charge in [-0.05, 0) is 56.9 Å². The monoisotopic (exact) mass is 390 g/mol. The van der Waals surface area contributed by atoms with Crippen molar-refractivity contribution in [3.05, 3.63) is 47.8 Å². The van der Waals surface area contributed by atoms with Crippen LogP contribution in [0.3, 0.4) is 0 Å². The van der Waals surface area contributed by atoms with Gasteiger partial charge >= 0.3 is 0 Å². The molecule has 0 bridgehead atoms. The van der Waals surface area contributed by atoms with Gasteiger partial charge in [-0.25, -0.2) is 9.22 Å². The van der Waals surface area contributed by atoms with Crippen LogP contribution >= 0.6 is 0 Å². The molecule has 1 fully saturated rings. The van der Waals surface area contributed by atoms with E-state index in [0.29, 0.717) is 11.3 Å². The average molecular weight is 390 g/mol. The summed E-state index contributed by atoms with van der Waals surface area (Å²) < 4.78 is 45.3. The van der Waals surface area contributed by atoms with Crippen molar-refractivity contribution in [2.45, 2.75) is 43.9 Å². The van der Waals surface area contributed by atoms with Gasteiger partial charge < -0.3 is 4.74 Å². The number of benzene rings is 2. The van der Waals surface area contributed by atoms with E-state index >= 15 is 0 Å². The first kappa shape index (κ1) is 19.4. The van der Waals surface area contributed by atoms with E-state index in [-0.39, 0.29) is 10.5 Å². The minimum absolute atomic E-state index is 0.00248. The topological polar surface area (TPSA) is 67.8 Å². The molecule has 0 aromatic heterocycles. The third-order valence-electron chi connectivity index (χ3n) is 4.65. The molecule has 2 aromatic rings. The van der Waals surface area contributed by atoms with Gasteiger partial charge in [-0.2, -0.15) is 13.5 Å². The average Bonchev–Trinajstić information content (AvgIpc) is 2.67. The largest absolute Gasteiger partial charge is 0.497 e. The van der Waals surface area contributed by atoms with E-state index < -0.39 is 15.8 Å². The van der Waals surface area contributed by atoms with Crippen molar-refractivity contribution in [3.63, 3.8) is 0 Å². The second-order valence-corrected chi connectivity index (χ2v) is 8.31. The normalized spacial score (nSPS) is 14.7. The molecule has 0 spiro atoms. The second-order valence-electron chi connectivity index (χ2n) is 6.68. The lowest BCUT2D eigenvalue weighted by molar-refractivity contribution is 0.411. The summed E-state index contributed by atoms with van der Waals surface area (Å²) >= 11 is 0. The molecule has 2 aromatic carbocycles. The SMILES string of the molecule is COc1ccc(-c2cc(C)ccc2S(=O)(=O)NN=C2CCCCC2)c(F)c1. The van der Waals surface area contributed by atoms with Gasteiger partial charge in [0.05, 0.1) is 12.0 Å². The van der Waals surface area contributed by atoms with Crippen LogP contribution in [0.4, 0.5) is 4.39 Å². The fourth-order valence-electron chi connectivity index (χ4n) is 3.18. The van der Waals surface area contributed by atoms with E-state index in [0.717, 1.165) is 43.4 Å². The Hall–Kier alpha value is -2.41. The first-order valence-corrected chi connectivity index (χ1v) is 10.4. The maximum atomic E-state index is 14.6. The van der Waals surface area contributed by atoms with Gasteiger partial charge in [0, 0.05) is 22.9 Å². The van der Waals surface area contributed by atoms with Crippen LogP contribution in [-0.4, -0.2) is 21.2 Å². The molecule has 0 atom stereocenters. The van der Waals surface area contributed by atoms with E-state index in [4.69, 9.17) is 4.74 Å². The summed E-state index contributed by atoms with van der Waals surface area (Å²) in [4.78, 5) is 2.33. The van der Waals surface area contributed by atoms with Gasteiger partial charge in [0.2, 0.25) is 0 Å². The van der Waals surface area contributed by atoms with Gasteiger partial charge in [0.25, 0.3) is 10.0 Å². The number of methoxy groups -OCH3 is 1. The van der Waals surface area contributed by atoms with Crippen LogP contribution in [0.5, 0.6) is 5.75 Å². The fraction of sp³-hybridized carbons (Fsp3) is 0.350. The highest BCUT2D eigenvalue weighted by atomic mass is 32.2. The molecule has 1 saturated carbocycles. The standard InChI is InChI=1S/C20H23FN2O3S/c1-14-8-11-20(27(24,25)23-22-15-6-4-3-5-7-15)18(12-14)17-10-9-16(26-2)13-19(17)21/h8-13,23H,3-7H2,1-2H3. The van der Waals surface area contributed by atoms with Crippen molar-refractivity contribution in [1.82, 2.24) is 4.83 Å². The Morgan fingerprint density at radius 1 is 1.04 bits per heavy atom. The van der Waals surface area contributed by atoms with Gasteiger partial charge in [-0.3, -0.25) is 0 Å². The van der Waals surface area contributed by atoms with Crippen molar-refractivity contribution < 1.29 is 17.5 Å². The number of hydrogen-bond acceptors (Lipinski definition) is 4. The Morgan fingerprint density at radius 3 is 2.44 bits per heavy atom. The summed E-state index contributed by atoms with van der Waals surface area (Å²) in [5.74, 6) is -0.176. The number of nitrogens with zero attached hydrogens (tertiary/aromatic N) is 1. The summed E-state index contributed by atoms with van der Waals surface area (Å²) in [7, 11) is -2.47. The molecule has 27 heavy (non-hydrogen) atoms. The van der Waals surface area contributed by atoms with Crippen LogP contribution in [-0.2, 0) is 10.0 Å². The molecule has 0 amide bonds. The predicted octanol–water partition coefficient (Wildman–Crippen LogP) is 4.41. The van der Waals surface area contributed by atoms with Crippen LogP contribution in [0, 0.1) is 12.7 Å². The minimum atomic E-state index is -3.92. The van der Waals surface area contributed by atoms with E-state index in [9.17, 15) is 12.8 Å². The van der Waals surface area contributed by atoms with Gasteiger partial charge in [0.1, 0.15) is 11.6 Å². The zero-order valence-electron chi connectivity index (χ0n) is 15.5. The van der Waals surface area contributed by atoms with E-state index in [1.165, 1.54) is 25.3 Å². The Morgan fingerprint density at radius 2 is 1.78 bits per heavy atom. The summed E-state index contributed by atoms with van der Waals surface area (Å²) in [6.07, 6.45) is 4.79. The number of rotatable bonds is 5. The molecule has 7 heteroatoms. The number of ether oxygens (including phenoxy) is 1. The van der Waals surface area contributed by atoms with Crippen LogP contribution in [0.1, 0.15) is 37.7 Å². The van der Waals surface area contributed by atoms with Gasteiger partial charge in [-0.15, -0.1) is 0 Å². The Bertz CT molecular complexity index is 963. The first-order chi connectivity index (χ1) is 12.9. The molecular weight excluding hydrogens is 367 g/mol. The van der Waals surface area contributed by atoms with Crippen molar-refractivity contribution >= 4 is 15.7 Å². The molecule has 5 nitrogen and oxygen atoms in total. The zero-order chi connectivity index (χ0) is 19.4. The van der Waals surface area contributed by atoms with Crippen molar-refractivity contribution in [2.24, 2.45) is 5.10 Å². The lowest BCUT2D eigenvalue weighted by Gasteiger charge is -2.15. The highest BCUT2D eigenvalue weighted by Gasteiger charge is 2.22. The molecule has 3 rings (SSSR count). The maximum absolute atomic E-state index is 14.6. The lowest BCUT2D eigenvalue weighted by Crippen LogP contribution is -2.22. The number of sulfonamides is 1. The van der Waals surface area contributed by atoms with Crippen molar-refractivity contribution in [2.75, 3.05) is 7.11 Å². The molecule has 1 aliphatic carbocycles. The van der Waals surface area contributed by atoms with E-state index in [1.807, 2.05) is 6.92 Å². The molecule has 1 N–H and O–H groups in total. The number of hydrogen-bond donors (Lipinski definition) is 1. The van der Waals surface area contributed by atoms with Crippen LogP contribution in [0.25, 0.3) is 11.1 Å². The molecule has 144 valence electrons. The summed E-state index contributed by atoms with van der Waals surface area (Å²) in [6.45, 7) is 1.83. The third kappa shape index (κ3) is 4.47. The Kier molecular flexibility index (Phi) is 5.79. The maximum Gasteiger partial charge on any atom is 0.277 e. The predicted molar refractivity (Wildman–Crippen MR) is 104 cm³/mol. The molecule has 0 unspecified atom stereocenters. The van der Waals surface area contributed by atoms with Crippen molar-refractivity contribution in [1.29, 1.82) is 0 Å². The number of aryl methyl sites for hydroxylation is 1. The summed E-state index contributed by atoms with van der Waals surface area (Å²) in [6, 6.07) is 9.20. The van der Waals surface area contributed by atoms with Gasteiger partial charge in [0.15, 0.2) is 0 Å². The van der Waals surface area contributed by atoms with Gasteiger partial charge in [-0.1, -0.05) is 18.1 Å². The van der Waals surface area contributed by atoms with Crippen molar-refractivity contribution in [3.8, 4) is 16.9 Å². The highest BCUT2D eigenvalue weighted by Crippen LogP contribution is 2.32. The van der Waals surface area contributed by atoms with E-state index in [1.54, 1.807) is 18.2 Å². The summed E-state index contributed by atoms with van der Waals surface area (Å²) in [5.41, 5.74) is 2.18.